The van der Waals surface area contributed by atoms with Crippen molar-refractivity contribution in [3.63, 3.8) is 0 Å². The lowest BCUT2D eigenvalue weighted by atomic mass is 9.49. The molecule has 0 spiro atoms. The number of likely N-dealkylation sites (N-methyl/N-ethyl adjacent to an activating group) is 1. The molecule has 0 radical (unpaired) electrons. The van der Waals surface area contributed by atoms with Crippen LogP contribution in [0.3, 0.4) is 0 Å². The Morgan fingerprint density at radius 3 is 2.49 bits per heavy atom. The van der Waals surface area contributed by atoms with E-state index in [4.69, 9.17) is 9.84 Å². The summed E-state index contributed by atoms with van der Waals surface area (Å²) in [6, 6.07) is 2.20. The van der Waals surface area contributed by atoms with E-state index < -0.39 is 40.5 Å². The van der Waals surface area contributed by atoms with Crippen LogP contribution in [0.2, 0.25) is 0 Å². The van der Waals surface area contributed by atoms with Gasteiger partial charge in [-0.25, -0.2) is 13.2 Å². The summed E-state index contributed by atoms with van der Waals surface area (Å²) >= 11 is 1.22. The summed E-state index contributed by atoms with van der Waals surface area (Å²) in [5.74, 6) is -2.83. The third-order valence-electron chi connectivity index (χ3n) is 7.17. The predicted molar refractivity (Wildman–Crippen MR) is 122 cm³/mol. The smallest absolute Gasteiger partial charge is 0.389 e. The lowest BCUT2D eigenvalue weighted by Gasteiger charge is -2.67. The highest BCUT2D eigenvalue weighted by atomic mass is 32.2. The Kier molecular flexibility index (Phi) is 6.82. The second-order valence-electron chi connectivity index (χ2n) is 9.36. The normalized spacial score (nSPS) is 27.9. The van der Waals surface area contributed by atoms with Gasteiger partial charge in [0, 0.05) is 37.7 Å². The molecular weight excluding hydrogens is 512 g/mol. The Balaban J connectivity index is 1.76. The van der Waals surface area contributed by atoms with Crippen molar-refractivity contribution in [1.82, 2.24) is 4.31 Å². The first-order chi connectivity index (χ1) is 16.3. The number of ether oxygens (including phenoxy) is 1. The fraction of sp³-hybridized carbons (Fsp3) is 0.591. The van der Waals surface area contributed by atoms with E-state index >= 15 is 0 Å². The summed E-state index contributed by atoms with van der Waals surface area (Å²) < 4.78 is 85.4. The fourth-order valence-electron chi connectivity index (χ4n) is 5.16. The van der Waals surface area contributed by atoms with Crippen LogP contribution < -0.4 is 9.64 Å². The zero-order valence-corrected chi connectivity index (χ0v) is 20.8. The molecule has 194 valence electrons. The molecule has 1 aromatic rings. The lowest BCUT2D eigenvalue weighted by molar-refractivity contribution is -0.136. The van der Waals surface area contributed by atoms with E-state index in [-0.39, 0.29) is 35.6 Å². The summed E-state index contributed by atoms with van der Waals surface area (Å²) in [5, 5.41) is 8.74. The third-order valence-corrected chi connectivity index (χ3v) is 9.87. The third kappa shape index (κ3) is 4.86. The van der Waals surface area contributed by atoms with E-state index in [9.17, 15) is 30.8 Å². The number of benzene rings is 1. The van der Waals surface area contributed by atoms with E-state index in [0.29, 0.717) is 22.8 Å². The maximum atomic E-state index is 13.6. The van der Waals surface area contributed by atoms with E-state index in [1.54, 1.807) is 12.3 Å². The predicted octanol–water partition coefficient (Wildman–Crippen LogP) is 4.78. The standard InChI is InChI=1S/C22H26F4N2O5S2/c1-27-14(4-3-5-22(24,25)26)11-28(21-8-13(9-21)10-21)16-6-18(34-2)17(7-19(16)35(27,31)32)33-12-15(23)20(29)30/h6-7,12-14H,3-5,8-11H2,1-2H3,(H,29,30)/b15-12-/t13?,14-,21?/m1/s1. The number of halogens is 4. The maximum Gasteiger partial charge on any atom is 0.389 e. The second-order valence-corrected chi connectivity index (χ2v) is 12.2. The number of carboxylic acid groups (broad SMARTS) is 1. The topological polar surface area (TPSA) is 87.1 Å². The van der Waals surface area contributed by atoms with Crippen molar-refractivity contribution in [2.75, 3.05) is 24.7 Å². The number of sulfonamides is 1. The lowest BCUT2D eigenvalue weighted by Crippen LogP contribution is -2.69. The molecule has 0 unspecified atom stereocenters. The molecule has 1 aliphatic heterocycles. The number of thioether (sulfide) groups is 1. The molecule has 5 rings (SSSR count). The van der Waals surface area contributed by atoms with Gasteiger partial charge < -0.3 is 14.7 Å². The van der Waals surface area contributed by atoms with Crippen LogP contribution in [0.15, 0.2) is 34.0 Å². The summed E-state index contributed by atoms with van der Waals surface area (Å²) in [4.78, 5) is 13.2. The van der Waals surface area contributed by atoms with Crippen LogP contribution in [0.1, 0.15) is 38.5 Å². The monoisotopic (exact) mass is 538 g/mol. The van der Waals surface area contributed by atoms with E-state index in [1.807, 2.05) is 4.90 Å². The summed E-state index contributed by atoms with van der Waals surface area (Å²) in [6.45, 7) is 0.259. The molecular formula is C22H26F4N2O5S2. The van der Waals surface area contributed by atoms with Crippen LogP contribution in [-0.2, 0) is 14.8 Å². The van der Waals surface area contributed by atoms with Crippen molar-refractivity contribution in [1.29, 1.82) is 0 Å². The largest absolute Gasteiger partial charge is 0.476 e. The molecule has 4 aliphatic rings. The van der Waals surface area contributed by atoms with Crippen molar-refractivity contribution in [3.05, 3.63) is 24.2 Å². The zero-order valence-electron chi connectivity index (χ0n) is 19.1. The number of hydrogen-bond donors (Lipinski definition) is 1. The van der Waals surface area contributed by atoms with Crippen molar-refractivity contribution in [3.8, 4) is 5.75 Å². The van der Waals surface area contributed by atoms with Gasteiger partial charge in [-0.1, -0.05) is 0 Å². The van der Waals surface area contributed by atoms with Crippen LogP contribution in [0.25, 0.3) is 0 Å². The van der Waals surface area contributed by atoms with Crippen molar-refractivity contribution in [2.45, 2.75) is 66.1 Å². The minimum absolute atomic E-state index is 0.0299. The zero-order chi connectivity index (χ0) is 25.8. The summed E-state index contributed by atoms with van der Waals surface area (Å²) in [7, 11) is -2.79. The molecule has 35 heavy (non-hydrogen) atoms. The van der Waals surface area contributed by atoms with Gasteiger partial charge in [0.25, 0.3) is 0 Å². The van der Waals surface area contributed by atoms with E-state index in [2.05, 4.69) is 0 Å². The molecule has 1 N–H and O–H groups in total. The second kappa shape index (κ2) is 9.15. The molecule has 7 nitrogen and oxygen atoms in total. The molecule has 1 atom stereocenters. The number of nitrogens with zero attached hydrogens (tertiary/aromatic N) is 2. The van der Waals surface area contributed by atoms with Gasteiger partial charge >= 0.3 is 12.1 Å². The molecule has 0 saturated heterocycles. The molecule has 2 bridgehead atoms. The van der Waals surface area contributed by atoms with Gasteiger partial charge in [0.1, 0.15) is 16.9 Å². The molecule has 1 aromatic carbocycles. The number of fused-ring (bicyclic) bond motifs is 1. The van der Waals surface area contributed by atoms with E-state index in [1.165, 1.54) is 24.9 Å². The highest BCUT2D eigenvalue weighted by Crippen LogP contribution is 2.62. The number of carboxylic acids is 1. The van der Waals surface area contributed by atoms with Crippen LogP contribution in [0.5, 0.6) is 5.75 Å². The first kappa shape index (κ1) is 26.1. The summed E-state index contributed by atoms with van der Waals surface area (Å²) in [5.41, 5.74) is 0.211. The van der Waals surface area contributed by atoms with Crippen molar-refractivity contribution >= 4 is 33.4 Å². The van der Waals surface area contributed by atoms with Crippen molar-refractivity contribution < 1.29 is 40.6 Å². The van der Waals surface area contributed by atoms with Gasteiger partial charge in [0.15, 0.2) is 0 Å². The Hall–Kier alpha value is -1.99. The Bertz CT molecular complexity index is 1140. The maximum absolute atomic E-state index is 13.6. The van der Waals surface area contributed by atoms with Crippen molar-refractivity contribution in [2.24, 2.45) is 5.92 Å². The SMILES string of the molecule is CSc1cc2c(cc1O/C=C(\F)C(=O)O)S(=O)(=O)N(C)[C@H](CCCC(F)(F)F)CN2C12CC(C1)C2. The average Bonchev–Trinajstić information content (AvgIpc) is 2.77. The Morgan fingerprint density at radius 1 is 1.31 bits per heavy atom. The number of anilines is 1. The van der Waals surface area contributed by atoms with Gasteiger partial charge in [-0.2, -0.15) is 21.9 Å². The first-order valence-corrected chi connectivity index (χ1v) is 13.7. The number of hydrogen-bond acceptors (Lipinski definition) is 6. The van der Waals surface area contributed by atoms with Crippen LogP contribution in [-0.4, -0.2) is 61.4 Å². The molecule has 0 amide bonds. The number of carbonyl (C=O) groups is 1. The van der Waals surface area contributed by atoms with Crippen LogP contribution in [0.4, 0.5) is 23.2 Å². The Labute approximate surface area is 205 Å². The number of rotatable bonds is 8. The Morgan fingerprint density at radius 2 is 1.97 bits per heavy atom. The van der Waals surface area contributed by atoms with Crippen LogP contribution in [0, 0.1) is 5.92 Å². The minimum Gasteiger partial charge on any atom is -0.476 e. The highest BCUT2D eigenvalue weighted by molar-refractivity contribution is 7.98. The van der Waals surface area contributed by atoms with Gasteiger partial charge in [0.2, 0.25) is 15.9 Å². The van der Waals surface area contributed by atoms with Gasteiger partial charge in [-0.15, -0.1) is 11.8 Å². The van der Waals surface area contributed by atoms with E-state index in [0.717, 1.165) is 23.6 Å². The van der Waals surface area contributed by atoms with Gasteiger partial charge in [-0.3, -0.25) is 0 Å². The van der Waals surface area contributed by atoms with Gasteiger partial charge in [0.05, 0.1) is 10.6 Å². The van der Waals surface area contributed by atoms with Gasteiger partial charge in [-0.05, 0) is 50.3 Å². The molecule has 1 heterocycles. The molecule has 0 aromatic heterocycles. The van der Waals surface area contributed by atoms with Crippen LogP contribution >= 0.6 is 11.8 Å². The fourth-order valence-corrected chi connectivity index (χ4v) is 7.27. The first-order valence-electron chi connectivity index (χ1n) is 11.1. The average molecular weight is 539 g/mol. The summed E-state index contributed by atoms with van der Waals surface area (Å²) in [6.07, 6.45) is -0.669. The molecule has 3 aliphatic carbocycles. The quantitative estimate of drug-likeness (QED) is 0.221. The number of alkyl halides is 3. The minimum atomic E-state index is -4.32. The number of aliphatic carboxylic acids is 1. The highest BCUT2D eigenvalue weighted by Gasteiger charge is 2.61. The molecule has 3 fully saturated rings. The molecule has 3 saturated carbocycles. The molecule has 13 heteroatoms.